The maximum absolute atomic E-state index is 9.76. The number of benzene rings is 1. The minimum absolute atomic E-state index is 0.361. The molecule has 110 valence electrons. The van der Waals surface area contributed by atoms with Gasteiger partial charge in [-0.1, -0.05) is 13.0 Å². The van der Waals surface area contributed by atoms with Gasteiger partial charge in [0.05, 0.1) is 6.10 Å². The number of rotatable bonds is 4. The van der Waals surface area contributed by atoms with E-state index >= 15 is 0 Å². The molecular weight excluding hydrogens is 250 g/mol. The minimum Gasteiger partial charge on any atom is -0.508 e. The molecule has 3 nitrogen and oxygen atoms in total. The van der Waals surface area contributed by atoms with Crippen molar-refractivity contribution in [3.05, 3.63) is 29.3 Å². The van der Waals surface area contributed by atoms with Gasteiger partial charge in [0.2, 0.25) is 0 Å². The van der Waals surface area contributed by atoms with E-state index in [9.17, 15) is 5.11 Å². The summed E-state index contributed by atoms with van der Waals surface area (Å²) in [5.74, 6) is 0.377. The van der Waals surface area contributed by atoms with Crippen molar-refractivity contribution in [2.24, 2.45) is 0 Å². The predicted molar refractivity (Wildman–Crippen MR) is 80.0 cm³/mol. The summed E-state index contributed by atoms with van der Waals surface area (Å²) in [6.45, 7) is 3.14. The average Bonchev–Trinajstić information content (AvgIpc) is 2.99. The first-order chi connectivity index (χ1) is 9.78. The molecule has 0 amide bonds. The molecule has 1 saturated heterocycles. The standard InChI is InChI=1S/C17H25NO2/c1-2-15(17-7-4-10-20-17)18-16-6-3-5-12-8-9-13(19)11-14(12)16/h8-9,11,15-19H,2-7,10H2,1H3. The predicted octanol–water partition coefficient (Wildman–Crippen LogP) is 3.32. The second-order valence-electron chi connectivity index (χ2n) is 6.06. The summed E-state index contributed by atoms with van der Waals surface area (Å²) < 4.78 is 5.85. The van der Waals surface area contributed by atoms with Crippen molar-refractivity contribution in [3.63, 3.8) is 0 Å². The van der Waals surface area contributed by atoms with Crippen LogP contribution in [-0.2, 0) is 11.2 Å². The zero-order chi connectivity index (χ0) is 13.9. The van der Waals surface area contributed by atoms with Crippen LogP contribution in [-0.4, -0.2) is 23.9 Å². The van der Waals surface area contributed by atoms with Crippen LogP contribution in [0, 0.1) is 0 Å². The highest BCUT2D eigenvalue weighted by Crippen LogP contribution is 2.33. The monoisotopic (exact) mass is 275 g/mol. The summed E-state index contributed by atoms with van der Waals surface area (Å²) in [5, 5.41) is 13.6. The van der Waals surface area contributed by atoms with Gasteiger partial charge in [0.25, 0.3) is 0 Å². The molecule has 3 atom stereocenters. The first kappa shape index (κ1) is 13.9. The minimum atomic E-state index is 0.361. The van der Waals surface area contributed by atoms with Gasteiger partial charge in [0.15, 0.2) is 0 Å². The van der Waals surface area contributed by atoms with E-state index in [0.29, 0.717) is 23.9 Å². The Labute approximate surface area is 121 Å². The van der Waals surface area contributed by atoms with Crippen molar-refractivity contribution in [1.82, 2.24) is 5.32 Å². The van der Waals surface area contributed by atoms with Crippen molar-refractivity contribution in [2.45, 2.75) is 63.6 Å². The molecule has 0 radical (unpaired) electrons. The van der Waals surface area contributed by atoms with Crippen LogP contribution in [0.25, 0.3) is 0 Å². The second kappa shape index (κ2) is 6.15. The number of aromatic hydroxyl groups is 1. The van der Waals surface area contributed by atoms with Crippen LogP contribution in [0.3, 0.4) is 0 Å². The van der Waals surface area contributed by atoms with Gasteiger partial charge in [-0.25, -0.2) is 0 Å². The number of fused-ring (bicyclic) bond motifs is 1. The highest BCUT2D eigenvalue weighted by molar-refractivity contribution is 5.38. The summed E-state index contributed by atoms with van der Waals surface area (Å²) in [7, 11) is 0. The molecule has 3 rings (SSSR count). The first-order valence-corrected chi connectivity index (χ1v) is 7.97. The molecule has 0 aromatic heterocycles. The van der Waals surface area contributed by atoms with Gasteiger partial charge < -0.3 is 15.2 Å². The summed E-state index contributed by atoms with van der Waals surface area (Å²) >= 11 is 0. The van der Waals surface area contributed by atoms with Gasteiger partial charge in [-0.15, -0.1) is 0 Å². The van der Waals surface area contributed by atoms with E-state index in [0.717, 1.165) is 25.9 Å². The number of phenolic OH excluding ortho intramolecular Hbond substituents is 1. The Morgan fingerprint density at radius 1 is 1.35 bits per heavy atom. The Kier molecular flexibility index (Phi) is 4.27. The molecule has 2 N–H and O–H groups in total. The third-order valence-corrected chi connectivity index (χ3v) is 4.71. The largest absolute Gasteiger partial charge is 0.508 e. The highest BCUT2D eigenvalue weighted by atomic mass is 16.5. The van der Waals surface area contributed by atoms with E-state index in [1.807, 2.05) is 6.07 Å². The van der Waals surface area contributed by atoms with Gasteiger partial charge in [0, 0.05) is 18.7 Å². The van der Waals surface area contributed by atoms with Crippen LogP contribution in [0.5, 0.6) is 5.75 Å². The summed E-state index contributed by atoms with van der Waals surface area (Å²) in [5.41, 5.74) is 2.67. The lowest BCUT2D eigenvalue weighted by Crippen LogP contribution is -2.42. The van der Waals surface area contributed by atoms with Crippen LogP contribution in [0.4, 0.5) is 0 Å². The number of phenols is 1. The molecule has 3 unspecified atom stereocenters. The molecule has 0 bridgehead atoms. The van der Waals surface area contributed by atoms with Gasteiger partial charge >= 0.3 is 0 Å². The third-order valence-electron chi connectivity index (χ3n) is 4.71. The molecule has 1 aromatic rings. The Morgan fingerprint density at radius 2 is 2.25 bits per heavy atom. The van der Waals surface area contributed by atoms with E-state index < -0.39 is 0 Å². The zero-order valence-electron chi connectivity index (χ0n) is 12.3. The molecule has 20 heavy (non-hydrogen) atoms. The van der Waals surface area contributed by atoms with Crippen LogP contribution in [0.1, 0.15) is 56.2 Å². The van der Waals surface area contributed by atoms with E-state index in [2.05, 4.69) is 18.3 Å². The van der Waals surface area contributed by atoms with E-state index in [-0.39, 0.29) is 0 Å². The second-order valence-corrected chi connectivity index (χ2v) is 6.06. The Balaban J connectivity index is 1.76. The fraction of sp³-hybridized carbons (Fsp3) is 0.647. The number of aryl methyl sites for hydroxylation is 1. The lowest BCUT2D eigenvalue weighted by Gasteiger charge is -2.32. The molecule has 1 heterocycles. The lowest BCUT2D eigenvalue weighted by molar-refractivity contribution is 0.0717. The first-order valence-electron chi connectivity index (χ1n) is 7.97. The lowest BCUT2D eigenvalue weighted by atomic mass is 9.86. The Hall–Kier alpha value is -1.06. The third kappa shape index (κ3) is 2.84. The van der Waals surface area contributed by atoms with E-state index in [4.69, 9.17) is 4.74 Å². The summed E-state index contributed by atoms with van der Waals surface area (Å²) in [4.78, 5) is 0. The molecule has 3 heteroatoms. The van der Waals surface area contributed by atoms with Gasteiger partial charge in [-0.2, -0.15) is 0 Å². The van der Waals surface area contributed by atoms with Gasteiger partial charge in [0.1, 0.15) is 5.75 Å². The van der Waals surface area contributed by atoms with Gasteiger partial charge in [-0.05, 0) is 61.8 Å². The molecule has 0 saturated carbocycles. The SMILES string of the molecule is CCC(NC1CCCc2ccc(O)cc21)C1CCCO1. The molecule has 1 fully saturated rings. The van der Waals surface area contributed by atoms with Crippen LogP contribution in [0.15, 0.2) is 18.2 Å². The molecule has 1 aromatic carbocycles. The van der Waals surface area contributed by atoms with Crippen LogP contribution in [0.2, 0.25) is 0 Å². The fourth-order valence-electron chi connectivity index (χ4n) is 3.63. The van der Waals surface area contributed by atoms with E-state index in [1.54, 1.807) is 6.07 Å². The molecular formula is C17H25NO2. The zero-order valence-corrected chi connectivity index (χ0v) is 12.3. The van der Waals surface area contributed by atoms with Crippen LogP contribution < -0.4 is 5.32 Å². The Bertz CT molecular complexity index is 454. The smallest absolute Gasteiger partial charge is 0.115 e. The number of hydrogen-bond acceptors (Lipinski definition) is 3. The van der Waals surface area contributed by atoms with E-state index in [1.165, 1.54) is 30.4 Å². The average molecular weight is 275 g/mol. The van der Waals surface area contributed by atoms with Gasteiger partial charge in [-0.3, -0.25) is 0 Å². The van der Waals surface area contributed by atoms with Crippen molar-refractivity contribution < 1.29 is 9.84 Å². The fourth-order valence-corrected chi connectivity index (χ4v) is 3.63. The van der Waals surface area contributed by atoms with Crippen molar-refractivity contribution >= 4 is 0 Å². The number of hydrogen-bond donors (Lipinski definition) is 2. The molecule has 0 spiro atoms. The maximum atomic E-state index is 9.76. The molecule has 2 aliphatic rings. The normalized spacial score (nSPS) is 27.2. The number of ether oxygens (including phenoxy) is 1. The topological polar surface area (TPSA) is 41.5 Å². The van der Waals surface area contributed by atoms with Crippen molar-refractivity contribution in [1.29, 1.82) is 0 Å². The van der Waals surface area contributed by atoms with Crippen LogP contribution >= 0.6 is 0 Å². The summed E-state index contributed by atoms with van der Waals surface area (Å²) in [6.07, 6.45) is 7.31. The number of nitrogens with one attached hydrogen (secondary N) is 1. The van der Waals surface area contributed by atoms with Crippen molar-refractivity contribution in [2.75, 3.05) is 6.61 Å². The summed E-state index contributed by atoms with van der Waals surface area (Å²) in [6, 6.07) is 6.61. The highest BCUT2D eigenvalue weighted by Gasteiger charge is 2.29. The maximum Gasteiger partial charge on any atom is 0.115 e. The molecule has 1 aliphatic carbocycles. The molecule has 1 aliphatic heterocycles. The quantitative estimate of drug-likeness (QED) is 0.885. The van der Waals surface area contributed by atoms with Crippen molar-refractivity contribution in [3.8, 4) is 5.75 Å². The Morgan fingerprint density at radius 3 is 3.00 bits per heavy atom.